The first-order valence-electron chi connectivity index (χ1n) is 11.1. The van der Waals surface area contributed by atoms with Gasteiger partial charge in [0, 0.05) is 36.1 Å². The summed E-state index contributed by atoms with van der Waals surface area (Å²) in [4.78, 5) is 27.3. The molecule has 0 heterocycles. The Kier molecular flexibility index (Phi) is 10.7. The second-order valence-corrected chi connectivity index (χ2v) is 10.7. The molecule has 1 N–H and O–H groups in total. The molecule has 0 aromatic heterocycles. The van der Waals surface area contributed by atoms with Gasteiger partial charge in [-0.05, 0) is 49.6 Å². The third-order valence-corrected chi connectivity index (χ3v) is 7.05. The van der Waals surface area contributed by atoms with Gasteiger partial charge < -0.3 is 10.2 Å². The van der Waals surface area contributed by atoms with E-state index in [9.17, 15) is 18.0 Å². The van der Waals surface area contributed by atoms with E-state index < -0.39 is 16.1 Å². The molecule has 0 saturated carbocycles. The maximum Gasteiger partial charge on any atom is 0.242 e. The third kappa shape index (κ3) is 8.18. The van der Waals surface area contributed by atoms with Crippen LogP contribution in [0.3, 0.4) is 0 Å². The lowest BCUT2D eigenvalue weighted by Gasteiger charge is -2.29. The molecule has 0 unspecified atom stereocenters. The van der Waals surface area contributed by atoms with Crippen molar-refractivity contribution in [2.45, 2.75) is 45.7 Å². The molecule has 186 valence electrons. The molecule has 0 spiro atoms. The third-order valence-electron chi connectivity index (χ3n) is 5.27. The van der Waals surface area contributed by atoms with Crippen LogP contribution in [0.2, 0.25) is 10.0 Å². The van der Waals surface area contributed by atoms with Crippen molar-refractivity contribution >= 4 is 50.7 Å². The summed E-state index contributed by atoms with van der Waals surface area (Å²) in [5, 5.41) is 3.69. The number of carbonyl (C=O) groups is 2. The highest BCUT2D eigenvalue weighted by Crippen LogP contribution is 2.24. The van der Waals surface area contributed by atoms with E-state index >= 15 is 0 Å². The fourth-order valence-electron chi connectivity index (χ4n) is 3.41. The number of anilines is 1. The van der Waals surface area contributed by atoms with Gasteiger partial charge in [-0.15, -0.1) is 0 Å². The molecule has 0 saturated heterocycles. The Morgan fingerprint density at radius 2 is 1.76 bits per heavy atom. The van der Waals surface area contributed by atoms with Gasteiger partial charge in [-0.1, -0.05) is 54.4 Å². The molecular weight excluding hydrogens is 497 g/mol. The zero-order valence-electron chi connectivity index (χ0n) is 19.6. The maximum absolute atomic E-state index is 13.2. The molecule has 2 aromatic carbocycles. The van der Waals surface area contributed by atoms with Crippen LogP contribution in [-0.4, -0.2) is 50.5 Å². The largest absolute Gasteiger partial charge is 0.354 e. The van der Waals surface area contributed by atoms with Gasteiger partial charge in [0.2, 0.25) is 21.8 Å². The van der Waals surface area contributed by atoms with Crippen molar-refractivity contribution in [1.29, 1.82) is 0 Å². The molecule has 34 heavy (non-hydrogen) atoms. The van der Waals surface area contributed by atoms with Crippen LogP contribution in [0, 0.1) is 0 Å². The normalized spacial score (nSPS) is 12.1. The van der Waals surface area contributed by atoms with Crippen molar-refractivity contribution in [3.63, 3.8) is 0 Å². The van der Waals surface area contributed by atoms with E-state index in [4.69, 9.17) is 23.2 Å². The molecule has 10 heteroatoms. The van der Waals surface area contributed by atoms with Crippen LogP contribution in [0.5, 0.6) is 0 Å². The van der Waals surface area contributed by atoms with Gasteiger partial charge in [-0.25, -0.2) is 8.42 Å². The van der Waals surface area contributed by atoms with Crippen molar-refractivity contribution in [1.82, 2.24) is 10.2 Å². The van der Waals surface area contributed by atoms with Gasteiger partial charge in [0.05, 0.1) is 11.9 Å². The summed E-state index contributed by atoms with van der Waals surface area (Å²) < 4.78 is 25.9. The average Bonchev–Trinajstić information content (AvgIpc) is 2.79. The van der Waals surface area contributed by atoms with Crippen LogP contribution in [-0.2, 0) is 26.2 Å². The lowest BCUT2D eigenvalue weighted by molar-refractivity contribution is -0.140. The number of amides is 2. The van der Waals surface area contributed by atoms with E-state index in [0.717, 1.165) is 12.7 Å². The lowest BCUT2D eigenvalue weighted by atomic mass is 10.1. The molecular formula is C24H31Cl2N3O4S. The molecule has 7 nitrogen and oxygen atoms in total. The number of nitrogens with zero attached hydrogens (tertiary/aromatic N) is 2. The van der Waals surface area contributed by atoms with Crippen molar-refractivity contribution < 1.29 is 18.0 Å². The molecule has 2 rings (SSSR count). The predicted octanol–water partition coefficient (Wildman–Crippen LogP) is 4.48. The maximum atomic E-state index is 13.2. The van der Waals surface area contributed by atoms with Crippen LogP contribution in [0.15, 0.2) is 48.5 Å². The fraction of sp³-hybridized carbons (Fsp3) is 0.417. The molecule has 0 aliphatic heterocycles. The standard InChI is InChI=1S/C24H31Cl2N3O4S/c1-4-14-27-24(31)18(2)28(17-19-12-13-20(25)16-22(19)26)23(30)11-8-15-29(34(3,32)33)21-9-6-5-7-10-21/h5-7,9-10,12-13,16,18H,4,8,11,14-15,17H2,1-3H3,(H,27,31)/t18-/m1/s1. The first-order valence-corrected chi connectivity index (χ1v) is 13.7. The molecule has 0 radical (unpaired) electrons. The van der Waals surface area contributed by atoms with Gasteiger partial charge in [-0.3, -0.25) is 13.9 Å². The number of carbonyl (C=O) groups excluding carboxylic acids is 2. The number of sulfonamides is 1. The van der Waals surface area contributed by atoms with Crippen molar-refractivity contribution in [2.24, 2.45) is 0 Å². The molecule has 1 atom stereocenters. The Morgan fingerprint density at radius 3 is 2.35 bits per heavy atom. The van der Waals surface area contributed by atoms with Gasteiger partial charge >= 0.3 is 0 Å². The summed E-state index contributed by atoms with van der Waals surface area (Å²) in [5.41, 5.74) is 1.20. The number of benzene rings is 2. The summed E-state index contributed by atoms with van der Waals surface area (Å²) in [5.74, 6) is -0.533. The Hall–Kier alpha value is -2.29. The van der Waals surface area contributed by atoms with Crippen molar-refractivity contribution in [3.8, 4) is 0 Å². The minimum Gasteiger partial charge on any atom is -0.354 e. The van der Waals surface area contributed by atoms with E-state index in [0.29, 0.717) is 27.8 Å². The van der Waals surface area contributed by atoms with Gasteiger partial charge in [0.15, 0.2) is 0 Å². The fourth-order valence-corrected chi connectivity index (χ4v) is 4.84. The van der Waals surface area contributed by atoms with Gasteiger partial charge in [0.1, 0.15) is 6.04 Å². The van der Waals surface area contributed by atoms with Crippen LogP contribution in [0.25, 0.3) is 0 Å². The molecule has 2 amide bonds. The highest BCUT2D eigenvalue weighted by atomic mass is 35.5. The number of rotatable bonds is 12. The summed E-state index contributed by atoms with van der Waals surface area (Å²) in [6, 6.07) is 13.0. The Morgan fingerprint density at radius 1 is 1.09 bits per heavy atom. The number of halogens is 2. The summed E-state index contributed by atoms with van der Waals surface area (Å²) in [7, 11) is -3.52. The van der Waals surface area contributed by atoms with Crippen LogP contribution in [0.4, 0.5) is 5.69 Å². The summed E-state index contributed by atoms with van der Waals surface area (Å²) in [6.07, 6.45) is 2.26. The quantitative estimate of drug-likeness (QED) is 0.440. The predicted molar refractivity (Wildman–Crippen MR) is 138 cm³/mol. The van der Waals surface area contributed by atoms with Crippen LogP contribution in [0.1, 0.15) is 38.7 Å². The smallest absolute Gasteiger partial charge is 0.242 e. The van der Waals surface area contributed by atoms with E-state index in [1.807, 2.05) is 6.92 Å². The molecule has 0 bridgehead atoms. The number of hydrogen-bond donors (Lipinski definition) is 1. The first kappa shape index (κ1) is 28.0. The minimum atomic E-state index is -3.52. The number of hydrogen-bond acceptors (Lipinski definition) is 4. The number of nitrogens with one attached hydrogen (secondary N) is 1. The molecule has 0 aliphatic rings. The molecule has 0 aliphatic carbocycles. The zero-order chi connectivity index (χ0) is 25.3. The van der Waals surface area contributed by atoms with Gasteiger partial charge in [-0.2, -0.15) is 0 Å². The van der Waals surface area contributed by atoms with Crippen molar-refractivity contribution in [3.05, 3.63) is 64.1 Å². The monoisotopic (exact) mass is 527 g/mol. The van der Waals surface area contributed by atoms with Crippen LogP contribution < -0.4 is 9.62 Å². The Labute approximate surface area is 212 Å². The number of para-hydroxylation sites is 1. The molecule has 2 aromatic rings. The summed E-state index contributed by atoms with van der Waals surface area (Å²) in [6.45, 7) is 4.39. The van der Waals surface area contributed by atoms with E-state index in [1.54, 1.807) is 55.5 Å². The average molecular weight is 529 g/mol. The molecule has 0 fully saturated rings. The van der Waals surface area contributed by atoms with E-state index in [1.165, 1.54) is 9.21 Å². The van der Waals surface area contributed by atoms with Crippen molar-refractivity contribution in [2.75, 3.05) is 23.7 Å². The summed E-state index contributed by atoms with van der Waals surface area (Å²) >= 11 is 12.3. The second-order valence-electron chi connectivity index (χ2n) is 8.00. The van der Waals surface area contributed by atoms with Gasteiger partial charge in [0.25, 0.3) is 0 Å². The minimum absolute atomic E-state index is 0.0649. The van der Waals surface area contributed by atoms with E-state index in [2.05, 4.69) is 5.32 Å². The van der Waals surface area contributed by atoms with Crippen LogP contribution >= 0.6 is 23.2 Å². The lowest BCUT2D eigenvalue weighted by Crippen LogP contribution is -2.48. The Balaban J connectivity index is 2.17. The Bertz CT molecular complexity index is 1080. The SMILES string of the molecule is CCCNC(=O)[C@@H](C)N(Cc1ccc(Cl)cc1Cl)C(=O)CCCN(c1ccccc1)S(C)(=O)=O. The highest BCUT2D eigenvalue weighted by molar-refractivity contribution is 7.92. The first-order chi connectivity index (χ1) is 16.0. The van der Waals surface area contributed by atoms with E-state index in [-0.39, 0.29) is 37.7 Å². The zero-order valence-corrected chi connectivity index (χ0v) is 22.0. The highest BCUT2D eigenvalue weighted by Gasteiger charge is 2.27. The second kappa shape index (κ2) is 13.0. The topological polar surface area (TPSA) is 86.8 Å².